The molecule has 10 nitrogen and oxygen atoms in total. The van der Waals surface area contributed by atoms with Crippen LogP contribution in [-0.4, -0.2) is 145 Å². The predicted molar refractivity (Wildman–Crippen MR) is 596 cm³/mol. The average Bonchev–Trinajstić information content (AvgIpc) is 0.821. The maximum absolute atomic E-state index is 11.7. The number of Topliss-reactive ketones (excluding diaryl/α,β-unsaturated/α-hetero) is 5. The van der Waals surface area contributed by atoms with Crippen LogP contribution in [-0.2, 0) is 6.54 Å². The first-order valence-corrected chi connectivity index (χ1v) is 50.1. The summed E-state index contributed by atoms with van der Waals surface area (Å²) < 4.78 is 0. The standard InChI is InChI=1S/C28H29NO.C26H31NO.C25H29NO.C24H29NO.C23H25NO.4CH4/c1-21-8-10-25(11-9-21)28(26-14-12-24(13-15-26)22(2)30)27-16-18-29(19-17-27)20-23-6-4-3-5-7-23;1-20(28)21-12-14-23(15-13-21)26(22-8-4-2-5-9-22)24-16-18-27(19-17-24)25-10-6-3-7-11-25;1-19(2)13-16-26-17-14-24(15-18-26)25(22-7-5-4-6-8-22)23-11-9-21(10-12-23)20(3)27;1-3-4-16-25-17-14-23(15-18-25)24(21-8-6-5-7-9-21)22-12-10-20(11-13-22)19(2)26;1-3-15-24-16-13-22(14-17-24)23(20-7-5-4-6-8-20)21-11-9-19(10-12-21)18(2)25;;;;/h3-15H,16-20H2,1-2H3;2,4-5,8-9,12-15,25H,3,6-7,10-11,16-19H2,1H3;4-13H,14-18H2,1-3H3;5-13H,3-4,14-18H2,1-2H3;3-12H,1,13-17H2,2H3;4*1H4. The molecule has 0 bridgehead atoms. The number of allylic oxidation sites excluding steroid dienone is 1. The Kier molecular flexibility index (Phi) is 45.7. The molecule has 6 aliphatic rings. The van der Waals surface area contributed by atoms with Gasteiger partial charge in [0.2, 0.25) is 0 Å². The third-order valence-electron chi connectivity index (χ3n) is 27.8. The fraction of sp³-hybridized carbons (Fsp3) is 0.346. The highest BCUT2D eigenvalue weighted by molar-refractivity contribution is 5.98. The van der Waals surface area contributed by atoms with Crippen molar-refractivity contribution in [2.24, 2.45) is 0 Å². The lowest BCUT2D eigenvalue weighted by Gasteiger charge is -2.38. The molecule has 734 valence electrons. The van der Waals surface area contributed by atoms with Crippen LogP contribution < -0.4 is 0 Å². The smallest absolute Gasteiger partial charge is 0.159 e. The maximum Gasteiger partial charge on any atom is 0.159 e. The topological polar surface area (TPSA) is 102 Å². The first-order chi connectivity index (χ1) is 66.2. The Morgan fingerprint density at radius 1 is 0.286 bits per heavy atom. The van der Waals surface area contributed by atoms with Crippen LogP contribution in [0.25, 0.3) is 27.9 Å². The molecule has 0 radical (unpaired) electrons. The van der Waals surface area contributed by atoms with Crippen molar-refractivity contribution in [2.45, 2.75) is 214 Å². The summed E-state index contributed by atoms with van der Waals surface area (Å²) in [5.74, 6) is 0.581. The minimum absolute atomic E-state index is 0. The van der Waals surface area contributed by atoms with Gasteiger partial charge in [0.25, 0.3) is 0 Å². The Labute approximate surface area is 842 Å². The molecule has 5 saturated heterocycles. The Hall–Kier alpha value is -12.3. The predicted octanol–water partition coefficient (Wildman–Crippen LogP) is 31.3. The van der Waals surface area contributed by atoms with Crippen LogP contribution in [0.1, 0.15) is 313 Å². The average molecular weight is 1870 g/mol. The first kappa shape index (κ1) is 111. The molecule has 5 heterocycles. The molecule has 17 rings (SSSR count). The Balaban J connectivity index is 0.000000194. The van der Waals surface area contributed by atoms with Gasteiger partial charge in [-0.1, -0.05) is 411 Å². The number of ketones is 5. The first-order valence-electron chi connectivity index (χ1n) is 50.1. The highest BCUT2D eigenvalue weighted by atomic mass is 16.1. The van der Waals surface area contributed by atoms with Crippen LogP contribution in [0.5, 0.6) is 0 Å². The van der Waals surface area contributed by atoms with Gasteiger partial charge in [0.1, 0.15) is 0 Å². The number of unbranched alkanes of at least 4 members (excludes halogenated alkanes) is 1. The SMILES string of the molecule is C.C.C.C.C=CCN1CCC(=C(c2ccccc2)c2ccc(C(C)=O)cc2)CC1.CC(=O)c1ccc(C(=C2CCN(C3CCCCC3)CC2)c2ccccc2)cc1.CC(=O)c1ccc(C(=C2CCN(CC=C(C)C)CC2)c2ccccc2)cc1.CC(=O)c1ccc(C(=C2CCN(Cc3ccccc3)CC2)c2ccc(C)cc2)cc1.CCCCN1CCC(=C(c2ccccc2)c2ccc(C(C)=O)cc2)CC1. The van der Waals surface area contributed by atoms with Crippen molar-refractivity contribution in [3.63, 3.8) is 0 Å². The van der Waals surface area contributed by atoms with E-state index in [9.17, 15) is 24.0 Å². The summed E-state index contributed by atoms with van der Waals surface area (Å²) >= 11 is 0. The van der Waals surface area contributed by atoms with Gasteiger partial charge in [-0.15, -0.1) is 6.58 Å². The lowest BCUT2D eigenvalue weighted by Crippen LogP contribution is -2.40. The number of likely N-dealkylation sites (tertiary alicyclic amines) is 5. The molecule has 1 aliphatic carbocycles. The van der Waals surface area contributed by atoms with Crippen LogP contribution in [0.2, 0.25) is 0 Å². The van der Waals surface area contributed by atoms with Crippen molar-refractivity contribution >= 4 is 56.8 Å². The van der Waals surface area contributed by atoms with Crippen molar-refractivity contribution in [3.05, 3.63) is 444 Å². The lowest BCUT2D eigenvalue weighted by atomic mass is 9.86. The molecule has 1 saturated carbocycles. The Morgan fingerprint density at radius 3 is 0.786 bits per heavy atom. The molecule has 0 N–H and O–H groups in total. The zero-order chi connectivity index (χ0) is 95.5. The quantitative estimate of drug-likeness (QED) is 0.0406. The zero-order valence-corrected chi connectivity index (χ0v) is 82.4. The van der Waals surface area contributed by atoms with Crippen LogP contribution in [0.4, 0.5) is 0 Å². The van der Waals surface area contributed by atoms with E-state index in [1.54, 1.807) is 45.8 Å². The minimum Gasteiger partial charge on any atom is -0.303 e. The summed E-state index contributed by atoms with van der Waals surface area (Å²) in [4.78, 5) is 71.0. The van der Waals surface area contributed by atoms with E-state index >= 15 is 0 Å². The van der Waals surface area contributed by atoms with Crippen LogP contribution in [0.3, 0.4) is 0 Å². The van der Waals surface area contributed by atoms with Crippen molar-refractivity contribution in [2.75, 3.05) is 85.1 Å². The second-order valence-electron chi connectivity index (χ2n) is 37.8. The minimum atomic E-state index is 0. The van der Waals surface area contributed by atoms with E-state index in [0.717, 1.165) is 170 Å². The van der Waals surface area contributed by atoms with Crippen molar-refractivity contribution in [3.8, 4) is 0 Å². The lowest BCUT2D eigenvalue weighted by molar-refractivity contribution is 0.100. The van der Waals surface area contributed by atoms with Gasteiger partial charge < -0.3 is 4.90 Å². The fourth-order valence-corrected chi connectivity index (χ4v) is 20.0. The number of benzene rings is 11. The van der Waals surface area contributed by atoms with E-state index in [0.29, 0.717) is 0 Å². The third kappa shape index (κ3) is 32.4. The van der Waals surface area contributed by atoms with Crippen molar-refractivity contribution in [1.29, 1.82) is 0 Å². The summed E-state index contributed by atoms with van der Waals surface area (Å²) in [6.07, 6.45) is 24.9. The molecule has 0 aromatic heterocycles. The van der Waals surface area contributed by atoms with Gasteiger partial charge in [-0.25, -0.2) is 0 Å². The molecule has 0 atom stereocenters. The number of hydrogen-bond acceptors (Lipinski definition) is 10. The summed E-state index contributed by atoms with van der Waals surface area (Å²) in [6, 6.07) is 104. The molecular weight excluding hydrogens is 1710 g/mol. The van der Waals surface area contributed by atoms with Gasteiger partial charge in [-0.05, 0) is 234 Å². The molecule has 0 amide bonds. The van der Waals surface area contributed by atoms with Gasteiger partial charge in [0.15, 0.2) is 28.9 Å². The molecular formula is C130H159N5O5. The third-order valence-corrected chi connectivity index (χ3v) is 27.8. The monoisotopic (exact) mass is 1870 g/mol. The second-order valence-corrected chi connectivity index (χ2v) is 37.8. The van der Waals surface area contributed by atoms with Gasteiger partial charge in [0.05, 0.1) is 0 Å². The molecule has 10 heteroatoms. The second kappa shape index (κ2) is 57.5. The van der Waals surface area contributed by atoms with Gasteiger partial charge in [0, 0.05) is 119 Å². The van der Waals surface area contributed by atoms with E-state index in [1.165, 1.54) is 181 Å². The molecule has 0 spiro atoms. The fourth-order valence-electron chi connectivity index (χ4n) is 20.0. The molecule has 11 aromatic rings. The normalized spacial score (nSPS) is 15.2. The van der Waals surface area contributed by atoms with Gasteiger partial charge >= 0.3 is 0 Å². The van der Waals surface area contributed by atoms with E-state index in [4.69, 9.17) is 0 Å². The number of hydrogen-bond donors (Lipinski definition) is 0. The molecule has 5 aliphatic heterocycles. The number of carbonyl (C=O) groups excluding carboxylic acids is 5. The number of rotatable bonds is 25. The van der Waals surface area contributed by atoms with Crippen LogP contribution >= 0.6 is 0 Å². The van der Waals surface area contributed by atoms with Crippen LogP contribution in [0, 0.1) is 6.92 Å². The van der Waals surface area contributed by atoms with Crippen LogP contribution in [0.15, 0.2) is 349 Å². The Morgan fingerprint density at radius 2 is 0.521 bits per heavy atom. The largest absolute Gasteiger partial charge is 0.303 e. The van der Waals surface area contributed by atoms with Crippen molar-refractivity contribution < 1.29 is 24.0 Å². The summed E-state index contributed by atoms with van der Waals surface area (Å²) in [6.45, 7) is 36.1. The number of nitrogens with zero attached hydrogens (tertiary/aromatic N) is 5. The van der Waals surface area contributed by atoms with E-state index < -0.39 is 0 Å². The molecule has 11 aromatic carbocycles. The van der Waals surface area contributed by atoms with Crippen molar-refractivity contribution in [1.82, 2.24) is 24.5 Å². The van der Waals surface area contributed by atoms with E-state index in [-0.39, 0.29) is 58.6 Å². The summed E-state index contributed by atoms with van der Waals surface area (Å²) in [5.41, 5.74) is 34.7. The summed E-state index contributed by atoms with van der Waals surface area (Å²) in [7, 11) is 0. The van der Waals surface area contributed by atoms with Gasteiger partial charge in [-0.3, -0.25) is 43.6 Å². The number of piperidine rings is 5. The highest BCUT2D eigenvalue weighted by Gasteiger charge is 2.29. The maximum atomic E-state index is 11.7. The number of aryl methyl sites for hydroxylation is 1. The molecule has 0 unspecified atom stereocenters. The number of carbonyl (C=O) groups is 5. The molecule has 6 fully saturated rings. The zero-order valence-electron chi connectivity index (χ0n) is 82.4. The van der Waals surface area contributed by atoms with E-state index in [2.05, 4.69) is 301 Å². The van der Waals surface area contributed by atoms with E-state index in [1.807, 2.05) is 66.7 Å². The summed E-state index contributed by atoms with van der Waals surface area (Å²) in [5, 5.41) is 0. The Bertz CT molecular complexity index is 5890. The van der Waals surface area contributed by atoms with Gasteiger partial charge in [-0.2, -0.15) is 0 Å². The molecule has 140 heavy (non-hydrogen) atoms. The highest BCUT2D eigenvalue weighted by Crippen LogP contribution is 2.40.